The molecule has 0 aromatic heterocycles. The number of anilines is 1. The van der Waals surface area contributed by atoms with Gasteiger partial charge in [0, 0.05) is 30.1 Å². The SMILES string of the molecule is CNCc1cccc(Cl)c1N1CC(C)SC(C)C1. The summed E-state index contributed by atoms with van der Waals surface area (Å²) in [6.07, 6.45) is 0. The summed E-state index contributed by atoms with van der Waals surface area (Å²) in [7, 11) is 1.97. The van der Waals surface area contributed by atoms with Crippen LogP contribution in [0.2, 0.25) is 5.02 Å². The molecule has 0 aliphatic carbocycles. The van der Waals surface area contributed by atoms with E-state index in [1.165, 1.54) is 11.3 Å². The molecule has 1 aromatic rings. The van der Waals surface area contributed by atoms with Crippen LogP contribution in [0.3, 0.4) is 0 Å². The molecule has 0 radical (unpaired) electrons. The Morgan fingerprint density at radius 2 is 2.00 bits per heavy atom. The van der Waals surface area contributed by atoms with Crippen LogP contribution >= 0.6 is 23.4 Å². The summed E-state index contributed by atoms with van der Waals surface area (Å²) in [4.78, 5) is 2.45. The van der Waals surface area contributed by atoms with E-state index in [2.05, 4.69) is 41.9 Å². The van der Waals surface area contributed by atoms with Gasteiger partial charge in [0.1, 0.15) is 0 Å². The van der Waals surface area contributed by atoms with Gasteiger partial charge in [0.05, 0.1) is 10.7 Å². The van der Waals surface area contributed by atoms with E-state index < -0.39 is 0 Å². The molecule has 2 nitrogen and oxygen atoms in total. The molecule has 1 aliphatic rings. The van der Waals surface area contributed by atoms with Crippen LogP contribution in [-0.4, -0.2) is 30.6 Å². The van der Waals surface area contributed by atoms with Gasteiger partial charge in [-0.2, -0.15) is 11.8 Å². The summed E-state index contributed by atoms with van der Waals surface area (Å²) < 4.78 is 0. The third-order valence-electron chi connectivity index (χ3n) is 3.17. The van der Waals surface area contributed by atoms with E-state index in [1.807, 2.05) is 19.2 Å². The van der Waals surface area contributed by atoms with Gasteiger partial charge in [-0.15, -0.1) is 0 Å². The van der Waals surface area contributed by atoms with Crippen LogP contribution in [0.1, 0.15) is 19.4 Å². The van der Waals surface area contributed by atoms with Gasteiger partial charge in [-0.3, -0.25) is 0 Å². The maximum Gasteiger partial charge on any atom is 0.0642 e. The van der Waals surface area contributed by atoms with E-state index >= 15 is 0 Å². The normalized spacial score (nSPS) is 24.3. The van der Waals surface area contributed by atoms with Gasteiger partial charge < -0.3 is 10.2 Å². The Balaban J connectivity index is 2.30. The van der Waals surface area contributed by atoms with Crippen molar-refractivity contribution in [3.05, 3.63) is 28.8 Å². The Morgan fingerprint density at radius 3 is 2.61 bits per heavy atom. The van der Waals surface area contributed by atoms with Crippen LogP contribution in [0.5, 0.6) is 0 Å². The molecule has 1 aromatic carbocycles. The van der Waals surface area contributed by atoms with Crippen molar-refractivity contribution in [2.24, 2.45) is 0 Å². The molecule has 0 spiro atoms. The summed E-state index contributed by atoms with van der Waals surface area (Å²) in [6.45, 7) is 7.61. The molecule has 18 heavy (non-hydrogen) atoms. The van der Waals surface area contributed by atoms with Crippen LogP contribution in [-0.2, 0) is 6.54 Å². The van der Waals surface area contributed by atoms with Crippen LogP contribution in [0, 0.1) is 0 Å². The highest BCUT2D eigenvalue weighted by molar-refractivity contribution is 8.00. The molecule has 0 bridgehead atoms. The lowest BCUT2D eigenvalue weighted by molar-refractivity contribution is 0.718. The van der Waals surface area contributed by atoms with Gasteiger partial charge in [-0.1, -0.05) is 37.6 Å². The average molecular weight is 285 g/mol. The molecule has 4 heteroatoms. The topological polar surface area (TPSA) is 15.3 Å². The maximum absolute atomic E-state index is 6.42. The Kier molecular flexibility index (Phi) is 4.82. The van der Waals surface area contributed by atoms with Gasteiger partial charge in [0.25, 0.3) is 0 Å². The Morgan fingerprint density at radius 1 is 1.33 bits per heavy atom. The van der Waals surface area contributed by atoms with Crippen molar-refractivity contribution in [1.82, 2.24) is 5.32 Å². The predicted molar refractivity (Wildman–Crippen MR) is 82.9 cm³/mol. The molecule has 0 saturated carbocycles. The van der Waals surface area contributed by atoms with E-state index in [-0.39, 0.29) is 0 Å². The van der Waals surface area contributed by atoms with Crippen molar-refractivity contribution < 1.29 is 0 Å². The standard InChI is InChI=1S/C14H21ClN2S/c1-10-8-17(9-11(2)18-10)14-12(7-16-3)5-4-6-13(14)15/h4-6,10-11,16H,7-9H2,1-3H3. The zero-order valence-electron chi connectivity index (χ0n) is 11.2. The Labute approximate surface area is 119 Å². The largest absolute Gasteiger partial charge is 0.368 e. The second-order valence-corrected chi connectivity index (χ2v) is 7.23. The molecule has 1 heterocycles. The number of nitrogens with one attached hydrogen (secondary N) is 1. The van der Waals surface area contributed by atoms with E-state index in [0.717, 1.165) is 24.7 Å². The van der Waals surface area contributed by atoms with Crippen LogP contribution < -0.4 is 10.2 Å². The van der Waals surface area contributed by atoms with Crippen LogP contribution in [0.15, 0.2) is 18.2 Å². The summed E-state index contributed by atoms with van der Waals surface area (Å²) in [5.74, 6) is 0. The minimum Gasteiger partial charge on any atom is -0.368 e. The smallest absolute Gasteiger partial charge is 0.0642 e. The number of halogens is 1. The zero-order valence-corrected chi connectivity index (χ0v) is 12.8. The van der Waals surface area contributed by atoms with Crippen molar-refractivity contribution >= 4 is 29.1 Å². The van der Waals surface area contributed by atoms with Crippen molar-refractivity contribution in [2.75, 3.05) is 25.0 Å². The first-order valence-corrected chi connectivity index (χ1v) is 7.76. The third kappa shape index (κ3) is 3.14. The van der Waals surface area contributed by atoms with Gasteiger partial charge in [-0.05, 0) is 18.7 Å². The fraction of sp³-hybridized carbons (Fsp3) is 0.571. The van der Waals surface area contributed by atoms with Crippen molar-refractivity contribution in [2.45, 2.75) is 30.9 Å². The minimum atomic E-state index is 0.660. The number of rotatable bonds is 3. The first kappa shape index (κ1) is 14.0. The molecule has 1 N–H and O–H groups in total. The molecule has 1 saturated heterocycles. The zero-order chi connectivity index (χ0) is 13.1. The van der Waals surface area contributed by atoms with Gasteiger partial charge in [-0.25, -0.2) is 0 Å². The highest BCUT2D eigenvalue weighted by atomic mass is 35.5. The quantitative estimate of drug-likeness (QED) is 0.916. The monoisotopic (exact) mass is 284 g/mol. The van der Waals surface area contributed by atoms with Crippen molar-refractivity contribution in [3.63, 3.8) is 0 Å². The maximum atomic E-state index is 6.42. The Bertz CT molecular complexity index is 401. The second-order valence-electron chi connectivity index (χ2n) is 4.94. The summed E-state index contributed by atoms with van der Waals surface area (Å²) in [5, 5.41) is 5.41. The minimum absolute atomic E-state index is 0.660. The number of hydrogen-bond acceptors (Lipinski definition) is 3. The van der Waals surface area contributed by atoms with Gasteiger partial charge in [0.15, 0.2) is 0 Å². The molecule has 1 fully saturated rings. The lowest BCUT2D eigenvalue weighted by Gasteiger charge is -2.37. The first-order valence-electron chi connectivity index (χ1n) is 6.44. The average Bonchev–Trinajstić information content (AvgIpc) is 2.28. The summed E-state index contributed by atoms with van der Waals surface area (Å²) >= 11 is 8.48. The van der Waals surface area contributed by atoms with E-state index in [0.29, 0.717) is 10.5 Å². The number of para-hydroxylation sites is 1. The third-order valence-corrected chi connectivity index (χ3v) is 4.71. The lowest BCUT2D eigenvalue weighted by Crippen LogP contribution is -2.41. The van der Waals surface area contributed by atoms with Crippen molar-refractivity contribution in [3.8, 4) is 0 Å². The summed E-state index contributed by atoms with van der Waals surface area (Å²) in [5.41, 5.74) is 2.50. The number of hydrogen-bond donors (Lipinski definition) is 1. The van der Waals surface area contributed by atoms with Crippen LogP contribution in [0.25, 0.3) is 0 Å². The van der Waals surface area contributed by atoms with E-state index in [4.69, 9.17) is 11.6 Å². The highest BCUT2D eigenvalue weighted by Gasteiger charge is 2.25. The fourth-order valence-electron chi connectivity index (χ4n) is 2.61. The molecule has 0 amide bonds. The molecule has 2 atom stereocenters. The predicted octanol–water partition coefficient (Wildman–Crippen LogP) is 3.39. The van der Waals surface area contributed by atoms with Crippen LogP contribution in [0.4, 0.5) is 5.69 Å². The second kappa shape index (κ2) is 6.18. The number of nitrogens with zero attached hydrogens (tertiary/aromatic N) is 1. The molecule has 1 aliphatic heterocycles. The first-order chi connectivity index (χ1) is 8.61. The van der Waals surface area contributed by atoms with Gasteiger partial charge >= 0.3 is 0 Å². The van der Waals surface area contributed by atoms with Gasteiger partial charge in [0.2, 0.25) is 0 Å². The summed E-state index contributed by atoms with van der Waals surface area (Å²) in [6, 6.07) is 6.19. The fourth-order valence-corrected chi connectivity index (χ4v) is 4.25. The molecular weight excluding hydrogens is 264 g/mol. The number of benzene rings is 1. The molecular formula is C14H21ClN2S. The highest BCUT2D eigenvalue weighted by Crippen LogP contribution is 2.35. The number of thioether (sulfide) groups is 1. The molecule has 100 valence electrons. The molecule has 2 rings (SSSR count). The molecule has 2 unspecified atom stereocenters. The van der Waals surface area contributed by atoms with E-state index in [9.17, 15) is 0 Å². The Hall–Kier alpha value is -0.380. The lowest BCUT2D eigenvalue weighted by atomic mass is 10.1. The van der Waals surface area contributed by atoms with Crippen molar-refractivity contribution in [1.29, 1.82) is 0 Å². The van der Waals surface area contributed by atoms with E-state index in [1.54, 1.807) is 0 Å².